The topological polar surface area (TPSA) is 112 Å². The molecule has 3 saturated heterocycles. The molecule has 10 heteroatoms. The van der Waals surface area contributed by atoms with Gasteiger partial charge in [0.15, 0.2) is 11.6 Å². The van der Waals surface area contributed by atoms with Gasteiger partial charge in [-0.15, -0.1) is 6.42 Å². The molecular formula is C48H59N5O5. The number of carbonyl (C=O) groups is 4. The largest absolute Gasteiger partial charge is 0.489 e. The number of hydrogen-bond donors (Lipinski definition) is 1. The SMILES string of the molecule is C#Cc1c(C)cc(OC2C(C)(C)C(CC(=O)c3ccc(N4CCC(CN5CCN(c6ccc(C(=O)C[C@H]7CCC(=O)NC7=O)nc6)CC5)CC4)cc3)C2(C)C)cc1C. The van der Waals surface area contributed by atoms with Crippen molar-refractivity contribution in [2.45, 2.75) is 86.2 Å². The third-order valence-corrected chi connectivity index (χ3v) is 13.7. The fraction of sp³-hybridized carbons (Fsp3) is 0.521. The number of hydrogen-bond acceptors (Lipinski definition) is 9. The summed E-state index contributed by atoms with van der Waals surface area (Å²) in [4.78, 5) is 61.7. The second-order valence-electron chi connectivity index (χ2n) is 18.3. The molecule has 0 bridgehead atoms. The summed E-state index contributed by atoms with van der Waals surface area (Å²) in [6, 6.07) is 16.0. The van der Waals surface area contributed by atoms with Gasteiger partial charge in [-0.05, 0) is 105 Å². The van der Waals surface area contributed by atoms with Crippen LogP contribution in [0.15, 0.2) is 54.7 Å². The van der Waals surface area contributed by atoms with E-state index in [-0.39, 0.29) is 59.1 Å². The van der Waals surface area contributed by atoms with Crippen LogP contribution in [0.1, 0.15) is 104 Å². The lowest BCUT2D eigenvalue weighted by Crippen LogP contribution is -2.66. The summed E-state index contributed by atoms with van der Waals surface area (Å²) in [5.41, 5.74) is 5.98. The van der Waals surface area contributed by atoms with Crippen LogP contribution in [0.25, 0.3) is 0 Å². The fourth-order valence-corrected chi connectivity index (χ4v) is 10.5. The molecule has 7 rings (SSSR count). The van der Waals surface area contributed by atoms with Gasteiger partial charge < -0.3 is 14.5 Å². The molecule has 1 saturated carbocycles. The number of piperidine rings is 2. The van der Waals surface area contributed by atoms with Gasteiger partial charge in [0.05, 0.1) is 11.9 Å². The Labute approximate surface area is 344 Å². The molecule has 0 spiro atoms. The van der Waals surface area contributed by atoms with E-state index in [0.717, 1.165) is 92.3 Å². The lowest BCUT2D eigenvalue weighted by molar-refractivity contribution is -0.196. The van der Waals surface area contributed by atoms with E-state index in [9.17, 15) is 19.2 Å². The number of pyridine rings is 1. The number of anilines is 2. The molecule has 2 amide bonds. The summed E-state index contributed by atoms with van der Waals surface area (Å²) < 4.78 is 6.63. The number of aromatic nitrogens is 1. The van der Waals surface area contributed by atoms with E-state index in [1.54, 1.807) is 12.3 Å². The van der Waals surface area contributed by atoms with E-state index < -0.39 is 5.92 Å². The predicted octanol–water partition coefficient (Wildman–Crippen LogP) is 7.05. The maximum absolute atomic E-state index is 13.7. The van der Waals surface area contributed by atoms with Gasteiger partial charge in [-0.25, -0.2) is 0 Å². The number of nitrogens with one attached hydrogen (secondary N) is 1. The number of rotatable bonds is 12. The lowest BCUT2D eigenvalue weighted by Gasteiger charge is -2.63. The minimum atomic E-state index is -0.477. The summed E-state index contributed by atoms with van der Waals surface area (Å²) in [5, 5.41) is 2.32. The van der Waals surface area contributed by atoms with Crippen molar-refractivity contribution in [2.24, 2.45) is 28.6 Å². The van der Waals surface area contributed by atoms with Crippen LogP contribution in [-0.2, 0) is 9.59 Å². The third-order valence-electron chi connectivity index (χ3n) is 13.7. The van der Waals surface area contributed by atoms with Crippen molar-refractivity contribution in [2.75, 3.05) is 55.6 Å². The number of Topliss-reactive ketones (excluding diaryl/α,β-unsaturated/α-hetero) is 2. The molecule has 2 aromatic carbocycles. The number of aryl methyl sites for hydroxylation is 2. The van der Waals surface area contributed by atoms with Crippen molar-refractivity contribution >= 4 is 34.8 Å². The third kappa shape index (κ3) is 8.56. The van der Waals surface area contributed by atoms with Crippen molar-refractivity contribution < 1.29 is 23.9 Å². The van der Waals surface area contributed by atoms with Crippen LogP contribution in [0.4, 0.5) is 11.4 Å². The normalized spacial score (nSPS) is 23.4. The molecule has 4 aliphatic rings. The number of benzene rings is 2. The maximum Gasteiger partial charge on any atom is 0.230 e. The first-order valence-corrected chi connectivity index (χ1v) is 21.1. The molecule has 0 radical (unpaired) electrons. The van der Waals surface area contributed by atoms with Crippen molar-refractivity contribution in [3.8, 4) is 18.1 Å². The highest BCUT2D eigenvalue weighted by Gasteiger charge is 2.63. The second-order valence-corrected chi connectivity index (χ2v) is 18.3. The van der Waals surface area contributed by atoms with Crippen LogP contribution in [0.3, 0.4) is 0 Å². The quantitative estimate of drug-likeness (QED) is 0.117. The Balaban J connectivity index is 0.837. The molecule has 3 aromatic rings. The summed E-state index contributed by atoms with van der Waals surface area (Å²) >= 11 is 0. The zero-order chi connectivity index (χ0) is 41.4. The van der Waals surface area contributed by atoms with Crippen LogP contribution in [0.2, 0.25) is 0 Å². The van der Waals surface area contributed by atoms with Crippen molar-refractivity contribution in [1.29, 1.82) is 0 Å². The van der Waals surface area contributed by atoms with Gasteiger partial charge in [0.2, 0.25) is 11.8 Å². The lowest BCUT2D eigenvalue weighted by atomic mass is 9.44. The Morgan fingerprint density at radius 1 is 0.828 bits per heavy atom. The van der Waals surface area contributed by atoms with Gasteiger partial charge in [-0.1, -0.05) is 33.6 Å². The first-order valence-electron chi connectivity index (χ1n) is 21.1. The fourth-order valence-electron chi connectivity index (χ4n) is 10.5. The summed E-state index contributed by atoms with van der Waals surface area (Å²) in [6.45, 7) is 19.8. The number of piperazine rings is 1. The number of terminal acetylenes is 1. The van der Waals surface area contributed by atoms with E-state index in [1.807, 2.05) is 44.2 Å². The van der Waals surface area contributed by atoms with E-state index in [4.69, 9.17) is 11.2 Å². The molecule has 1 N–H and O–H groups in total. The highest BCUT2D eigenvalue weighted by molar-refractivity contribution is 6.02. The smallest absolute Gasteiger partial charge is 0.230 e. The molecule has 1 atom stereocenters. The van der Waals surface area contributed by atoms with E-state index in [2.05, 4.69) is 70.7 Å². The minimum absolute atomic E-state index is 0.0229. The summed E-state index contributed by atoms with van der Waals surface area (Å²) in [5.74, 6) is 3.35. The average Bonchev–Trinajstić information content (AvgIpc) is 3.20. The molecule has 58 heavy (non-hydrogen) atoms. The van der Waals surface area contributed by atoms with Gasteiger partial charge in [0.25, 0.3) is 0 Å². The molecule has 0 unspecified atom stereocenters. The monoisotopic (exact) mass is 785 g/mol. The molecule has 4 heterocycles. The number of amides is 2. The first kappa shape index (κ1) is 41.2. The van der Waals surface area contributed by atoms with Gasteiger partial charge >= 0.3 is 0 Å². The number of nitrogens with zero attached hydrogens (tertiary/aromatic N) is 4. The molecule has 1 aromatic heterocycles. The molecule has 1 aliphatic carbocycles. The Morgan fingerprint density at radius 2 is 1.45 bits per heavy atom. The number of carbonyl (C=O) groups excluding carboxylic acids is 4. The Hall–Kier alpha value is -5.01. The number of imide groups is 1. The van der Waals surface area contributed by atoms with E-state index >= 15 is 0 Å². The van der Waals surface area contributed by atoms with Crippen molar-refractivity contribution in [3.63, 3.8) is 0 Å². The highest BCUT2D eigenvalue weighted by atomic mass is 16.5. The summed E-state index contributed by atoms with van der Waals surface area (Å²) in [6.07, 6.45) is 11.0. The average molecular weight is 786 g/mol. The van der Waals surface area contributed by atoms with Gasteiger partial charge in [-0.2, -0.15) is 0 Å². The zero-order valence-electron chi connectivity index (χ0n) is 35.1. The predicted molar refractivity (Wildman–Crippen MR) is 227 cm³/mol. The van der Waals surface area contributed by atoms with E-state index in [0.29, 0.717) is 24.5 Å². The number of ether oxygens (including phenoxy) is 1. The van der Waals surface area contributed by atoms with Crippen LogP contribution >= 0.6 is 0 Å². The number of ketones is 2. The molecule has 10 nitrogen and oxygen atoms in total. The minimum Gasteiger partial charge on any atom is -0.489 e. The van der Waals surface area contributed by atoms with Crippen molar-refractivity contribution in [3.05, 3.63) is 82.7 Å². The van der Waals surface area contributed by atoms with Crippen molar-refractivity contribution in [1.82, 2.24) is 15.2 Å². The Morgan fingerprint density at radius 3 is 2.03 bits per heavy atom. The second kappa shape index (κ2) is 16.7. The first-order chi connectivity index (χ1) is 27.6. The van der Waals surface area contributed by atoms with Crippen LogP contribution in [-0.4, -0.2) is 85.2 Å². The van der Waals surface area contributed by atoms with E-state index in [1.165, 1.54) is 5.69 Å². The highest BCUT2D eigenvalue weighted by Crippen LogP contribution is 2.61. The van der Waals surface area contributed by atoms with Crippen LogP contribution in [0.5, 0.6) is 5.75 Å². The van der Waals surface area contributed by atoms with Gasteiger partial charge in [0.1, 0.15) is 17.5 Å². The standard InChI is InChI=1S/C48H59N5O5/c1-8-39-31(2)25-38(26-32(39)3)58-46-47(4,5)43(48(46,6)7)28-41(54)34-9-12-36(13-10-34)52-19-17-33(18-20-52)30-51-21-23-53(24-22-51)37-14-15-40(49-29-37)42(55)27-35-11-16-44(56)50-45(35)57/h1,9-10,12-15,25-26,29,33,35,43,46H,11,16-24,27-28,30H2,2-7H3,(H,50,56,57)/t35-,43?,46?/m1/s1. The van der Waals surface area contributed by atoms with Crippen LogP contribution < -0.4 is 19.9 Å². The Kier molecular flexibility index (Phi) is 11.8. The maximum atomic E-state index is 13.7. The van der Waals surface area contributed by atoms with Gasteiger partial charge in [0, 0.05) is 98.6 Å². The Bertz CT molecular complexity index is 2030. The molecule has 3 aliphatic heterocycles. The summed E-state index contributed by atoms with van der Waals surface area (Å²) in [7, 11) is 0. The van der Waals surface area contributed by atoms with Crippen LogP contribution in [0, 0.1) is 54.8 Å². The van der Waals surface area contributed by atoms with Gasteiger partial charge in [-0.3, -0.25) is 34.4 Å². The molecular weight excluding hydrogens is 727 g/mol. The molecule has 4 fully saturated rings. The zero-order valence-corrected chi connectivity index (χ0v) is 35.1. The molecule has 306 valence electrons.